The highest BCUT2D eigenvalue weighted by Gasteiger charge is 2.20. The minimum atomic E-state index is 0.709. The van der Waals surface area contributed by atoms with Gasteiger partial charge in [0, 0.05) is 58.7 Å². The molecule has 3 nitrogen and oxygen atoms in total. The number of nitrogens with zero attached hydrogens (tertiary/aromatic N) is 3. The van der Waals surface area contributed by atoms with E-state index in [-0.39, 0.29) is 0 Å². The summed E-state index contributed by atoms with van der Waals surface area (Å²) in [5.74, 6) is 0.709. The Hall–Kier alpha value is -6.62. The standard InChI is InChI=1S/C48H29N3S/c1-3-13-30(14-4-1)40-29-41(31-15-5-2-6-16-31)50-48(49-40)32-23-25-33(26-24-32)51-42-22-12-11-21-38(42)45-43(51)28-27-39-44-36-19-9-7-17-34(36)35-18-8-10-20-37(35)46(44)52-47(39)45/h1-29H. The van der Waals surface area contributed by atoms with Gasteiger partial charge in [-0.1, -0.05) is 133 Å². The second kappa shape index (κ2) is 11.5. The quantitative estimate of drug-likeness (QED) is 0.173. The van der Waals surface area contributed by atoms with E-state index in [0.29, 0.717) is 5.82 Å². The lowest BCUT2D eigenvalue weighted by molar-refractivity contribution is 1.16. The molecular formula is C48H29N3S. The van der Waals surface area contributed by atoms with Gasteiger partial charge in [0.25, 0.3) is 0 Å². The van der Waals surface area contributed by atoms with E-state index in [0.717, 1.165) is 33.8 Å². The molecule has 0 saturated carbocycles. The van der Waals surface area contributed by atoms with Crippen LogP contribution >= 0.6 is 11.3 Å². The van der Waals surface area contributed by atoms with E-state index in [4.69, 9.17) is 9.97 Å². The van der Waals surface area contributed by atoms with Crippen LogP contribution in [0.25, 0.3) is 103 Å². The molecule has 0 atom stereocenters. The fourth-order valence-electron chi connectivity index (χ4n) is 8.04. The number of hydrogen-bond acceptors (Lipinski definition) is 3. The first kappa shape index (κ1) is 29.1. The summed E-state index contributed by atoms with van der Waals surface area (Å²) in [6, 6.07) is 62.7. The Kier molecular flexibility index (Phi) is 6.42. The third kappa shape index (κ3) is 4.38. The molecular weight excluding hydrogens is 651 g/mol. The third-order valence-electron chi connectivity index (χ3n) is 10.4. The number of benzene rings is 8. The van der Waals surface area contributed by atoms with Gasteiger partial charge in [0.05, 0.1) is 22.4 Å². The summed E-state index contributed by atoms with van der Waals surface area (Å²) in [6.45, 7) is 0. The highest BCUT2D eigenvalue weighted by atomic mass is 32.1. The molecule has 0 saturated heterocycles. The van der Waals surface area contributed by atoms with Gasteiger partial charge < -0.3 is 4.57 Å². The number of para-hydroxylation sites is 1. The first-order chi connectivity index (χ1) is 25.8. The number of rotatable bonds is 4. The van der Waals surface area contributed by atoms with Gasteiger partial charge >= 0.3 is 0 Å². The molecule has 0 radical (unpaired) electrons. The Labute approximate surface area is 303 Å². The van der Waals surface area contributed by atoms with Crippen LogP contribution in [0.4, 0.5) is 0 Å². The first-order valence-electron chi connectivity index (χ1n) is 17.6. The van der Waals surface area contributed by atoms with Gasteiger partial charge in [0.2, 0.25) is 0 Å². The van der Waals surface area contributed by atoms with Crippen molar-refractivity contribution < 1.29 is 0 Å². The molecule has 3 aromatic heterocycles. The van der Waals surface area contributed by atoms with Gasteiger partial charge in [-0.15, -0.1) is 11.3 Å². The summed E-state index contributed by atoms with van der Waals surface area (Å²) in [5, 5.41) is 10.5. The largest absolute Gasteiger partial charge is 0.309 e. The van der Waals surface area contributed by atoms with E-state index in [2.05, 4.69) is 168 Å². The van der Waals surface area contributed by atoms with Crippen molar-refractivity contribution in [3.8, 4) is 39.6 Å². The summed E-state index contributed by atoms with van der Waals surface area (Å²) in [7, 11) is 0. The van der Waals surface area contributed by atoms with Crippen LogP contribution in [-0.2, 0) is 0 Å². The Morgan fingerprint density at radius 1 is 0.365 bits per heavy atom. The number of thiophene rings is 1. The van der Waals surface area contributed by atoms with Crippen molar-refractivity contribution in [3.63, 3.8) is 0 Å². The fraction of sp³-hybridized carbons (Fsp3) is 0. The lowest BCUT2D eigenvalue weighted by Crippen LogP contribution is -1.97. The molecule has 11 rings (SSSR count). The minimum Gasteiger partial charge on any atom is -0.309 e. The molecule has 0 fully saturated rings. The van der Waals surface area contributed by atoms with Gasteiger partial charge in [-0.3, -0.25) is 0 Å². The molecule has 3 heterocycles. The summed E-state index contributed by atoms with van der Waals surface area (Å²) < 4.78 is 5.09. The van der Waals surface area contributed by atoms with Crippen LogP contribution in [0.15, 0.2) is 176 Å². The highest BCUT2D eigenvalue weighted by Crippen LogP contribution is 2.48. The van der Waals surface area contributed by atoms with E-state index in [1.165, 1.54) is 63.5 Å². The van der Waals surface area contributed by atoms with E-state index < -0.39 is 0 Å². The molecule has 8 aromatic carbocycles. The molecule has 0 aliphatic carbocycles. The van der Waals surface area contributed by atoms with E-state index in [1.54, 1.807) is 0 Å². The topological polar surface area (TPSA) is 30.7 Å². The zero-order valence-electron chi connectivity index (χ0n) is 28.0. The predicted octanol–water partition coefficient (Wildman–Crippen LogP) is 13.2. The predicted molar refractivity (Wildman–Crippen MR) is 221 cm³/mol. The second-order valence-electron chi connectivity index (χ2n) is 13.3. The summed E-state index contributed by atoms with van der Waals surface area (Å²) in [4.78, 5) is 10.1. The van der Waals surface area contributed by atoms with Crippen molar-refractivity contribution in [1.29, 1.82) is 0 Å². The van der Waals surface area contributed by atoms with Gasteiger partial charge in [0.1, 0.15) is 0 Å². The molecule has 0 amide bonds. The van der Waals surface area contributed by atoms with Gasteiger partial charge in [0.15, 0.2) is 5.82 Å². The van der Waals surface area contributed by atoms with Crippen LogP contribution in [0, 0.1) is 0 Å². The van der Waals surface area contributed by atoms with Crippen molar-refractivity contribution >= 4 is 74.9 Å². The molecule has 11 aromatic rings. The van der Waals surface area contributed by atoms with Crippen molar-refractivity contribution in [1.82, 2.24) is 14.5 Å². The molecule has 0 unspecified atom stereocenters. The maximum Gasteiger partial charge on any atom is 0.160 e. The van der Waals surface area contributed by atoms with Crippen LogP contribution in [0.3, 0.4) is 0 Å². The van der Waals surface area contributed by atoms with Crippen molar-refractivity contribution in [2.24, 2.45) is 0 Å². The fourth-order valence-corrected chi connectivity index (χ4v) is 9.45. The number of aromatic nitrogens is 3. The van der Waals surface area contributed by atoms with Crippen LogP contribution in [0.2, 0.25) is 0 Å². The molecule has 4 heteroatoms. The first-order valence-corrected chi connectivity index (χ1v) is 18.4. The van der Waals surface area contributed by atoms with Crippen LogP contribution in [-0.4, -0.2) is 14.5 Å². The van der Waals surface area contributed by atoms with Crippen molar-refractivity contribution in [3.05, 3.63) is 176 Å². The zero-order chi connectivity index (χ0) is 34.2. The molecule has 0 aliphatic heterocycles. The van der Waals surface area contributed by atoms with E-state index >= 15 is 0 Å². The van der Waals surface area contributed by atoms with E-state index in [9.17, 15) is 0 Å². The average molecular weight is 680 g/mol. The maximum atomic E-state index is 5.07. The van der Waals surface area contributed by atoms with Crippen molar-refractivity contribution in [2.45, 2.75) is 0 Å². The van der Waals surface area contributed by atoms with Crippen molar-refractivity contribution in [2.75, 3.05) is 0 Å². The smallest absolute Gasteiger partial charge is 0.160 e. The average Bonchev–Trinajstić information content (AvgIpc) is 3.78. The molecule has 0 bridgehead atoms. The highest BCUT2D eigenvalue weighted by molar-refractivity contribution is 7.28. The van der Waals surface area contributed by atoms with Crippen LogP contribution < -0.4 is 0 Å². The SMILES string of the molecule is c1ccc(-c2cc(-c3ccccc3)nc(-c3ccc(-n4c5ccccc5c5c6sc7c8ccccc8c8ccccc8c7c6ccc54)cc3)n2)cc1. The molecule has 0 spiro atoms. The van der Waals surface area contributed by atoms with Crippen LogP contribution in [0.5, 0.6) is 0 Å². The molecule has 0 aliphatic rings. The molecule has 242 valence electrons. The number of hydrogen-bond donors (Lipinski definition) is 0. The van der Waals surface area contributed by atoms with Gasteiger partial charge in [-0.2, -0.15) is 0 Å². The zero-order valence-corrected chi connectivity index (χ0v) is 28.8. The summed E-state index contributed by atoms with van der Waals surface area (Å²) >= 11 is 1.93. The molecule has 52 heavy (non-hydrogen) atoms. The Balaban J connectivity index is 1.11. The normalized spacial score (nSPS) is 11.8. The molecule has 0 N–H and O–H groups in total. The third-order valence-corrected chi connectivity index (χ3v) is 11.7. The van der Waals surface area contributed by atoms with Gasteiger partial charge in [-0.05, 0) is 58.6 Å². The summed E-state index contributed by atoms with van der Waals surface area (Å²) in [5.41, 5.74) is 8.43. The number of fused-ring (bicyclic) bond motifs is 12. The minimum absolute atomic E-state index is 0.709. The second-order valence-corrected chi connectivity index (χ2v) is 14.3. The summed E-state index contributed by atoms with van der Waals surface area (Å²) in [6.07, 6.45) is 0. The van der Waals surface area contributed by atoms with Crippen LogP contribution in [0.1, 0.15) is 0 Å². The van der Waals surface area contributed by atoms with Gasteiger partial charge in [-0.25, -0.2) is 9.97 Å². The Bertz CT molecular complexity index is 3100. The lowest BCUT2D eigenvalue weighted by atomic mass is 9.97. The lowest BCUT2D eigenvalue weighted by Gasteiger charge is -2.11. The Morgan fingerprint density at radius 2 is 0.904 bits per heavy atom. The monoisotopic (exact) mass is 679 g/mol. The van der Waals surface area contributed by atoms with E-state index in [1.807, 2.05) is 23.5 Å². The maximum absolute atomic E-state index is 5.07. The Morgan fingerprint density at radius 3 is 1.58 bits per heavy atom.